The average molecular weight is 853 g/mol. The molecule has 2 aromatic carbocycles. The summed E-state index contributed by atoms with van der Waals surface area (Å²) in [7, 11) is 0. The third-order valence-corrected chi connectivity index (χ3v) is 7.28. The van der Waals surface area contributed by atoms with Gasteiger partial charge in [0.1, 0.15) is 32.0 Å². The number of carbonyl (C=O) groups excluding carboxylic acids is 6. The summed E-state index contributed by atoms with van der Waals surface area (Å²) in [6, 6.07) is 17.0. The Morgan fingerprint density at radius 2 is 1.07 bits per heavy atom. The fraction of sp³-hybridized carbons (Fsp3) is 0.571. The van der Waals surface area contributed by atoms with Crippen LogP contribution < -0.4 is 26.8 Å². The lowest BCUT2D eigenvalue weighted by molar-refractivity contribution is -0.368. The number of hydrogen-bond donors (Lipinski definition) is 6. The van der Waals surface area contributed by atoms with Gasteiger partial charge in [0.15, 0.2) is 0 Å². The summed E-state index contributed by atoms with van der Waals surface area (Å²) in [4.78, 5) is 67.3. The first-order valence-corrected chi connectivity index (χ1v) is 19.5. The van der Waals surface area contributed by atoms with E-state index < -0.39 is 42.1 Å². The van der Waals surface area contributed by atoms with Gasteiger partial charge in [-0.1, -0.05) is 74.5 Å². The summed E-state index contributed by atoms with van der Waals surface area (Å²) < 4.78 is 24.9. The molecule has 2 rings (SSSR count). The molecule has 0 aromatic heterocycles. The molecule has 3 amide bonds. The quantitative estimate of drug-likeness (QED) is 0.0533. The lowest BCUT2D eigenvalue weighted by atomic mass is 10.2. The molecule has 2 unspecified atom stereocenters. The predicted molar refractivity (Wildman–Crippen MR) is 220 cm³/mol. The van der Waals surface area contributed by atoms with Crippen molar-refractivity contribution in [3.63, 3.8) is 0 Å². The highest BCUT2D eigenvalue weighted by atomic mass is 16.7. The first kappa shape index (κ1) is 56.6. The van der Waals surface area contributed by atoms with Crippen LogP contribution in [0.15, 0.2) is 60.7 Å². The van der Waals surface area contributed by atoms with Gasteiger partial charge in [-0.05, 0) is 70.9 Å². The number of carboxylic acid groups (broad SMARTS) is 1. The van der Waals surface area contributed by atoms with Crippen molar-refractivity contribution in [1.29, 1.82) is 0 Å². The van der Waals surface area contributed by atoms with Gasteiger partial charge >= 0.3 is 18.4 Å². The zero-order chi connectivity index (χ0) is 44.3. The second-order valence-electron chi connectivity index (χ2n) is 14.0. The van der Waals surface area contributed by atoms with E-state index in [4.69, 9.17) is 33.6 Å². The van der Waals surface area contributed by atoms with Gasteiger partial charge in [0.25, 0.3) is 0 Å². The molecular weight excluding hydrogens is 784 g/mol. The van der Waals surface area contributed by atoms with Gasteiger partial charge in [0, 0.05) is 25.4 Å². The monoisotopic (exact) mass is 852 g/mol. The number of ether oxygens (including phenoxy) is 5. The molecule has 0 spiro atoms. The summed E-state index contributed by atoms with van der Waals surface area (Å²) in [6.45, 7) is 6.89. The predicted octanol–water partition coefficient (Wildman–Crippen LogP) is 2.91. The van der Waals surface area contributed by atoms with E-state index in [1.54, 1.807) is 20.8 Å². The van der Waals surface area contributed by atoms with Crippen molar-refractivity contribution >= 4 is 36.2 Å². The smallest absolute Gasteiger partial charge is 0.508 e. The van der Waals surface area contributed by atoms with E-state index in [0.717, 1.165) is 50.3 Å². The maximum absolute atomic E-state index is 12.0. The van der Waals surface area contributed by atoms with Crippen molar-refractivity contribution in [2.24, 2.45) is 0 Å². The summed E-state index contributed by atoms with van der Waals surface area (Å²) in [5, 5.41) is 35.4. The second kappa shape index (κ2) is 35.5. The van der Waals surface area contributed by atoms with Gasteiger partial charge in [-0.2, -0.15) is 0 Å². The molecule has 0 radical (unpaired) electrons. The maximum atomic E-state index is 12.0. The normalized spacial score (nSPS) is 11.2. The number of quaternary nitrogens is 1. The molecule has 0 saturated heterocycles. The Hall–Kier alpha value is -5.46. The van der Waals surface area contributed by atoms with Crippen molar-refractivity contribution < 1.29 is 73.5 Å². The van der Waals surface area contributed by atoms with Crippen LogP contribution in [0, 0.1) is 0 Å². The molecule has 0 heterocycles. The lowest BCUT2D eigenvalue weighted by Crippen LogP contribution is -2.50. The van der Waals surface area contributed by atoms with Crippen LogP contribution in [-0.4, -0.2) is 104 Å². The van der Waals surface area contributed by atoms with Crippen molar-refractivity contribution in [1.82, 2.24) is 16.0 Å². The van der Waals surface area contributed by atoms with E-state index in [2.05, 4.69) is 21.7 Å². The van der Waals surface area contributed by atoms with Crippen LogP contribution in [0.1, 0.15) is 97.6 Å². The minimum absolute atomic E-state index is 0. The first-order chi connectivity index (χ1) is 28.1. The molecule has 340 valence electrons. The number of rotatable bonds is 23. The topological polar surface area (TPSA) is 276 Å². The van der Waals surface area contributed by atoms with Gasteiger partial charge in [-0.15, -0.1) is 0 Å². The zero-order valence-electron chi connectivity index (χ0n) is 34.7. The Labute approximate surface area is 353 Å². The number of aliphatic hydroxyl groups excluding tert-OH is 2. The van der Waals surface area contributed by atoms with Crippen LogP contribution in [0.4, 0.5) is 14.4 Å². The molecule has 0 aliphatic carbocycles. The highest BCUT2D eigenvalue weighted by Gasteiger charge is 2.17. The average Bonchev–Trinajstić information content (AvgIpc) is 3.19. The number of aliphatic hydroxyl groups is 2. The van der Waals surface area contributed by atoms with Crippen molar-refractivity contribution in [3.8, 4) is 0 Å². The fourth-order valence-corrected chi connectivity index (χ4v) is 4.46. The van der Waals surface area contributed by atoms with E-state index in [0.29, 0.717) is 25.8 Å². The molecule has 2 atom stereocenters. The number of amides is 3. The molecule has 18 nitrogen and oxygen atoms in total. The number of hydrogen-bond acceptors (Lipinski definition) is 14. The van der Waals surface area contributed by atoms with Gasteiger partial charge in [-0.25, -0.2) is 14.4 Å². The largest absolute Gasteiger partial charge is 0.550 e. The highest BCUT2D eigenvalue weighted by Crippen LogP contribution is 2.07. The highest BCUT2D eigenvalue weighted by molar-refractivity contribution is 5.76. The molecule has 60 heavy (non-hydrogen) atoms. The van der Waals surface area contributed by atoms with E-state index >= 15 is 0 Å². The van der Waals surface area contributed by atoms with E-state index in [1.807, 2.05) is 60.7 Å². The third-order valence-electron chi connectivity index (χ3n) is 7.28. The molecular formula is C42H68N4O14. The summed E-state index contributed by atoms with van der Waals surface area (Å²) in [5.74, 6) is -1.50. The second-order valence-corrected chi connectivity index (χ2v) is 14.0. The Morgan fingerprint density at radius 1 is 0.667 bits per heavy atom. The van der Waals surface area contributed by atoms with Gasteiger partial charge in [-0.3, -0.25) is 9.59 Å². The number of unbranched alkanes of at least 4 members (excludes halogenated alkanes) is 4. The van der Waals surface area contributed by atoms with Crippen LogP contribution in [0.5, 0.6) is 0 Å². The zero-order valence-corrected chi connectivity index (χ0v) is 34.7. The third kappa shape index (κ3) is 35.7. The van der Waals surface area contributed by atoms with Crippen LogP contribution >= 0.6 is 0 Å². The molecule has 2 aromatic rings. The summed E-state index contributed by atoms with van der Waals surface area (Å²) >= 11 is 0. The van der Waals surface area contributed by atoms with Gasteiger partial charge in [0.2, 0.25) is 11.8 Å². The molecule has 8 N–H and O–H groups in total. The van der Waals surface area contributed by atoms with Crippen LogP contribution in [0.3, 0.4) is 0 Å². The lowest BCUT2D eigenvalue weighted by Gasteiger charge is -2.19. The fourth-order valence-electron chi connectivity index (χ4n) is 4.46. The van der Waals surface area contributed by atoms with Crippen LogP contribution in [-0.2, 0) is 51.3 Å². The molecule has 0 aliphatic rings. The van der Waals surface area contributed by atoms with E-state index in [-0.39, 0.29) is 65.3 Å². The van der Waals surface area contributed by atoms with Crippen LogP contribution in [0.25, 0.3) is 0 Å². The van der Waals surface area contributed by atoms with E-state index in [9.17, 15) is 34.2 Å². The summed E-state index contributed by atoms with van der Waals surface area (Å²) in [6.07, 6.45) is 3.29. The van der Waals surface area contributed by atoms with Gasteiger partial charge < -0.3 is 65.5 Å². The number of nitrogens with one attached hydrogen (secondary N) is 3. The Kier molecular flexibility index (Phi) is 33.5. The minimum atomic E-state index is -1.08. The molecule has 0 aliphatic heterocycles. The van der Waals surface area contributed by atoms with Crippen LogP contribution in [0.2, 0.25) is 0 Å². The molecule has 0 fully saturated rings. The first-order valence-electron chi connectivity index (χ1n) is 19.5. The number of carboxylic acids is 1. The van der Waals surface area contributed by atoms with Crippen molar-refractivity contribution in [2.45, 2.75) is 117 Å². The maximum Gasteiger partial charge on any atom is 0.508 e. The minimum Gasteiger partial charge on any atom is -0.550 e. The number of carbonyl (C=O) groups is 6. The Bertz CT molecular complexity index is 1460. The Morgan fingerprint density at radius 3 is 1.43 bits per heavy atom. The SMILES string of the molecule is C.CC(=O)[O-].CC(C)(C)OC(=O)NCCCCCC(=O)NC(CO)COC(=O)OCc1ccccc1.[NH3+]CCCCCC(=O)NC(CO)COC(=O)OCc1ccccc1. The van der Waals surface area contributed by atoms with Crippen molar-refractivity contribution in [3.05, 3.63) is 71.8 Å². The number of benzene rings is 2. The molecule has 0 bridgehead atoms. The number of aliphatic carboxylic acids is 1. The summed E-state index contributed by atoms with van der Waals surface area (Å²) in [5.41, 5.74) is 4.89. The van der Waals surface area contributed by atoms with Crippen molar-refractivity contribution in [2.75, 3.05) is 39.5 Å². The molecule has 18 heteroatoms. The Balaban J connectivity index is 0. The number of alkyl carbamates (subject to hydrolysis) is 1. The van der Waals surface area contributed by atoms with Gasteiger partial charge in [0.05, 0.1) is 31.8 Å². The standard InChI is InChI=1S/C22H34N2O7.C17H26N2O5.C2H4O2.CH4/c1-22(2,3)31-20(27)23-13-9-5-8-12-19(26)24-18(14-25)16-30-21(28)29-15-17-10-6-4-7-11-17;18-10-6-2-5-9-16(21)19-15(11-20)13-24-17(22)23-12-14-7-3-1-4-8-14;1-2(3)4;/h4,6-7,10-11,18,25H,5,8-9,12-16H2,1-3H3,(H,23,27)(H,24,26);1,3-4,7-8,15,20H,2,5-6,9-13,18H2,(H,19,21);1H3,(H,3,4);1H4. The molecule has 0 saturated carbocycles. The van der Waals surface area contributed by atoms with E-state index in [1.165, 1.54) is 0 Å².